The lowest BCUT2D eigenvalue weighted by molar-refractivity contribution is -0.135. The smallest absolute Gasteiger partial charge is 0.260 e. The van der Waals surface area contributed by atoms with Crippen molar-refractivity contribution in [2.75, 3.05) is 44.3 Å². The molecule has 0 N–H and O–H groups in total. The number of carbonyl (C=O) groups is 1. The molecule has 0 radical (unpaired) electrons. The highest BCUT2D eigenvalue weighted by molar-refractivity contribution is 7.91. The highest BCUT2D eigenvalue weighted by atomic mass is 32.2. The number of ether oxygens (including phenoxy) is 1. The number of benzene rings is 1. The SMILES string of the molecule is O=C(COc1ccccc1F)N1CCN(C2CCS(=O)(=O)C2)CC1. The lowest BCUT2D eigenvalue weighted by Gasteiger charge is -2.37. The van der Waals surface area contributed by atoms with Crippen LogP contribution in [0.3, 0.4) is 0 Å². The van der Waals surface area contributed by atoms with Gasteiger partial charge in [0.2, 0.25) is 0 Å². The first-order valence-corrected chi connectivity index (χ1v) is 9.86. The highest BCUT2D eigenvalue weighted by Gasteiger charge is 2.34. The lowest BCUT2D eigenvalue weighted by atomic mass is 10.2. The van der Waals surface area contributed by atoms with E-state index in [1.165, 1.54) is 12.1 Å². The number of halogens is 1. The van der Waals surface area contributed by atoms with E-state index in [-0.39, 0.29) is 35.8 Å². The molecule has 1 aromatic carbocycles. The minimum Gasteiger partial charge on any atom is -0.481 e. The van der Waals surface area contributed by atoms with Crippen LogP contribution in [0.5, 0.6) is 5.75 Å². The van der Waals surface area contributed by atoms with Crippen molar-refractivity contribution >= 4 is 15.7 Å². The van der Waals surface area contributed by atoms with Gasteiger partial charge in [-0.05, 0) is 18.6 Å². The molecule has 0 aliphatic carbocycles. The third-order valence-electron chi connectivity index (χ3n) is 4.58. The number of piperazine rings is 1. The molecule has 0 bridgehead atoms. The normalized spacial score (nSPS) is 24.0. The second kappa shape index (κ2) is 7.06. The predicted octanol–water partition coefficient (Wildman–Crippen LogP) is 0.536. The van der Waals surface area contributed by atoms with Gasteiger partial charge in [-0.15, -0.1) is 0 Å². The van der Waals surface area contributed by atoms with Crippen LogP contribution in [0.2, 0.25) is 0 Å². The van der Waals surface area contributed by atoms with E-state index >= 15 is 0 Å². The molecular formula is C16H21FN2O4S. The maximum absolute atomic E-state index is 13.5. The molecule has 24 heavy (non-hydrogen) atoms. The van der Waals surface area contributed by atoms with E-state index in [4.69, 9.17) is 4.74 Å². The van der Waals surface area contributed by atoms with Gasteiger partial charge in [-0.2, -0.15) is 0 Å². The van der Waals surface area contributed by atoms with Gasteiger partial charge in [0, 0.05) is 32.2 Å². The van der Waals surface area contributed by atoms with Crippen LogP contribution in [-0.4, -0.2) is 74.5 Å². The molecule has 2 heterocycles. The molecule has 6 nitrogen and oxygen atoms in total. The first-order valence-electron chi connectivity index (χ1n) is 8.04. The minimum atomic E-state index is -2.90. The van der Waals surface area contributed by atoms with Crippen LogP contribution in [0.15, 0.2) is 24.3 Å². The van der Waals surface area contributed by atoms with Crippen LogP contribution in [0, 0.1) is 5.82 Å². The van der Waals surface area contributed by atoms with Gasteiger partial charge in [-0.25, -0.2) is 12.8 Å². The van der Waals surface area contributed by atoms with Gasteiger partial charge in [-0.1, -0.05) is 12.1 Å². The summed E-state index contributed by atoms with van der Waals surface area (Å²) in [6, 6.07) is 6.06. The molecule has 2 saturated heterocycles. The third-order valence-corrected chi connectivity index (χ3v) is 6.33. The van der Waals surface area contributed by atoms with Crippen LogP contribution in [-0.2, 0) is 14.6 Å². The van der Waals surface area contributed by atoms with E-state index in [9.17, 15) is 17.6 Å². The van der Waals surface area contributed by atoms with Gasteiger partial charge in [0.15, 0.2) is 28.0 Å². The minimum absolute atomic E-state index is 0.0700. The number of amides is 1. The molecule has 2 fully saturated rings. The first-order chi connectivity index (χ1) is 11.4. The molecule has 132 valence electrons. The molecule has 3 rings (SSSR count). The zero-order valence-electron chi connectivity index (χ0n) is 13.4. The van der Waals surface area contributed by atoms with Crippen molar-refractivity contribution in [3.63, 3.8) is 0 Å². The molecule has 2 aliphatic heterocycles. The van der Waals surface area contributed by atoms with Crippen molar-refractivity contribution in [2.45, 2.75) is 12.5 Å². The molecule has 2 aliphatic rings. The number of hydrogen-bond donors (Lipinski definition) is 0. The average Bonchev–Trinajstić information content (AvgIpc) is 2.94. The summed E-state index contributed by atoms with van der Waals surface area (Å²) in [5.74, 6) is -0.125. The van der Waals surface area contributed by atoms with Crippen LogP contribution in [0.4, 0.5) is 4.39 Å². The van der Waals surface area contributed by atoms with Gasteiger partial charge < -0.3 is 9.64 Å². The number of nitrogens with zero attached hydrogens (tertiary/aromatic N) is 2. The molecule has 1 aromatic rings. The van der Waals surface area contributed by atoms with Gasteiger partial charge in [0.05, 0.1) is 11.5 Å². The maximum atomic E-state index is 13.5. The first kappa shape index (κ1) is 17.2. The summed E-state index contributed by atoms with van der Waals surface area (Å²) in [4.78, 5) is 16.0. The van der Waals surface area contributed by atoms with Crippen molar-refractivity contribution < 1.29 is 22.3 Å². The Labute approximate surface area is 141 Å². The second-order valence-electron chi connectivity index (χ2n) is 6.19. The Hall–Kier alpha value is -1.67. The Kier molecular flexibility index (Phi) is 5.05. The standard InChI is InChI=1S/C16H21FN2O4S/c17-14-3-1-2-4-15(14)23-11-16(20)19-8-6-18(7-9-19)13-5-10-24(21,22)12-13/h1-4,13H,5-12H2. The highest BCUT2D eigenvalue weighted by Crippen LogP contribution is 2.19. The summed E-state index contributed by atoms with van der Waals surface area (Å²) in [5, 5.41) is 0. The third kappa shape index (κ3) is 4.05. The van der Waals surface area contributed by atoms with E-state index < -0.39 is 15.7 Å². The molecule has 1 unspecified atom stereocenters. The molecule has 0 spiro atoms. The molecule has 1 atom stereocenters. The Bertz CT molecular complexity index is 702. The summed E-state index contributed by atoms with van der Waals surface area (Å²) in [5.41, 5.74) is 0. The molecule has 0 saturated carbocycles. The Morgan fingerprint density at radius 1 is 1.21 bits per heavy atom. The predicted molar refractivity (Wildman–Crippen MR) is 87.1 cm³/mol. The second-order valence-corrected chi connectivity index (χ2v) is 8.42. The fraction of sp³-hybridized carbons (Fsp3) is 0.562. The largest absolute Gasteiger partial charge is 0.481 e. The Morgan fingerprint density at radius 3 is 2.54 bits per heavy atom. The molecule has 8 heteroatoms. The lowest BCUT2D eigenvalue weighted by Crippen LogP contribution is -2.53. The molecule has 0 aromatic heterocycles. The summed E-state index contributed by atoms with van der Waals surface area (Å²) >= 11 is 0. The molecule has 1 amide bonds. The number of sulfone groups is 1. The van der Waals surface area contributed by atoms with Crippen LogP contribution in [0.25, 0.3) is 0 Å². The van der Waals surface area contributed by atoms with Crippen molar-refractivity contribution in [1.29, 1.82) is 0 Å². The Balaban J connectivity index is 1.46. The maximum Gasteiger partial charge on any atom is 0.260 e. The topological polar surface area (TPSA) is 66.9 Å². The van der Waals surface area contributed by atoms with Gasteiger partial charge in [0.25, 0.3) is 5.91 Å². The van der Waals surface area contributed by atoms with E-state index in [1.54, 1.807) is 17.0 Å². The average molecular weight is 356 g/mol. The van der Waals surface area contributed by atoms with Crippen LogP contribution >= 0.6 is 0 Å². The fourth-order valence-corrected chi connectivity index (χ4v) is 4.95. The van der Waals surface area contributed by atoms with Crippen molar-refractivity contribution in [2.24, 2.45) is 0 Å². The van der Waals surface area contributed by atoms with Crippen LogP contribution in [0.1, 0.15) is 6.42 Å². The summed E-state index contributed by atoms with van der Waals surface area (Å²) < 4.78 is 41.8. The quantitative estimate of drug-likeness (QED) is 0.788. The monoisotopic (exact) mass is 356 g/mol. The van der Waals surface area contributed by atoms with E-state index in [0.29, 0.717) is 32.6 Å². The number of para-hydroxylation sites is 1. The van der Waals surface area contributed by atoms with E-state index in [0.717, 1.165) is 0 Å². The number of carbonyl (C=O) groups excluding carboxylic acids is 1. The van der Waals surface area contributed by atoms with Gasteiger partial charge in [-0.3, -0.25) is 9.69 Å². The zero-order valence-corrected chi connectivity index (χ0v) is 14.2. The van der Waals surface area contributed by atoms with E-state index in [2.05, 4.69) is 4.90 Å². The van der Waals surface area contributed by atoms with E-state index in [1.807, 2.05) is 0 Å². The number of rotatable bonds is 4. The van der Waals surface area contributed by atoms with Crippen molar-refractivity contribution in [3.05, 3.63) is 30.1 Å². The summed E-state index contributed by atoms with van der Waals surface area (Å²) in [7, 11) is -2.90. The Morgan fingerprint density at radius 2 is 1.92 bits per heavy atom. The molecular weight excluding hydrogens is 335 g/mol. The number of hydrogen-bond acceptors (Lipinski definition) is 5. The van der Waals surface area contributed by atoms with Crippen LogP contribution < -0.4 is 4.74 Å². The van der Waals surface area contributed by atoms with Gasteiger partial charge in [0.1, 0.15) is 0 Å². The zero-order chi connectivity index (χ0) is 17.2. The van der Waals surface area contributed by atoms with Crippen molar-refractivity contribution in [3.8, 4) is 5.75 Å². The summed E-state index contributed by atoms with van der Waals surface area (Å²) in [6.45, 7) is 2.20. The van der Waals surface area contributed by atoms with Gasteiger partial charge >= 0.3 is 0 Å². The summed E-state index contributed by atoms with van der Waals surface area (Å²) in [6.07, 6.45) is 0.673. The fourth-order valence-electron chi connectivity index (χ4n) is 3.19. The van der Waals surface area contributed by atoms with Crippen molar-refractivity contribution in [1.82, 2.24) is 9.80 Å².